The average molecular weight is 377 g/mol. The van der Waals surface area contributed by atoms with E-state index in [0.717, 1.165) is 12.1 Å². The lowest BCUT2D eigenvalue weighted by atomic mass is 9.82. The van der Waals surface area contributed by atoms with Crippen LogP contribution in [0.3, 0.4) is 0 Å². The predicted octanol–water partition coefficient (Wildman–Crippen LogP) is 3.02. The summed E-state index contributed by atoms with van der Waals surface area (Å²) in [6, 6.07) is 2.14. The average Bonchev–Trinajstić information content (AvgIpc) is 2.66. The zero-order valence-corrected chi connectivity index (χ0v) is 14.7. The molecule has 1 fully saturated rings. The first-order chi connectivity index (χ1) is 12.9. The van der Waals surface area contributed by atoms with Gasteiger partial charge in [-0.3, -0.25) is 9.59 Å². The summed E-state index contributed by atoms with van der Waals surface area (Å²) >= 11 is 0. The van der Waals surface area contributed by atoms with Crippen molar-refractivity contribution in [2.24, 2.45) is 5.41 Å². The zero-order valence-electron chi connectivity index (χ0n) is 14.7. The van der Waals surface area contributed by atoms with Gasteiger partial charge in [0.15, 0.2) is 11.2 Å². The number of rotatable bonds is 5. The van der Waals surface area contributed by atoms with Crippen LogP contribution in [-0.4, -0.2) is 28.3 Å². The van der Waals surface area contributed by atoms with Crippen molar-refractivity contribution >= 4 is 17.6 Å². The molecule has 0 bridgehead atoms. The summed E-state index contributed by atoms with van der Waals surface area (Å²) in [5.74, 6) is -3.28. The number of carbonyl (C=O) groups excluding carboxylic acids is 2. The van der Waals surface area contributed by atoms with Crippen LogP contribution in [0.5, 0.6) is 0 Å². The molecule has 142 valence electrons. The van der Waals surface area contributed by atoms with Crippen LogP contribution in [0.1, 0.15) is 26.7 Å². The van der Waals surface area contributed by atoms with Gasteiger partial charge in [0.25, 0.3) is 0 Å². The second kappa shape index (κ2) is 7.26. The number of nitrogens with one attached hydrogen (secondary N) is 1. The molecule has 1 aliphatic rings. The largest absolute Gasteiger partial charge is 0.405 e. The second-order valence-corrected chi connectivity index (χ2v) is 5.99. The number of halogens is 2. The van der Waals surface area contributed by atoms with Crippen molar-refractivity contribution in [2.75, 3.05) is 5.32 Å². The maximum absolute atomic E-state index is 14.8. The van der Waals surface area contributed by atoms with E-state index in [4.69, 9.17) is 9.47 Å². The van der Waals surface area contributed by atoms with Crippen LogP contribution in [0.2, 0.25) is 0 Å². The lowest BCUT2D eigenvalue weighted by Crippen LogP contribution is -2.51. The first kappa shape index (κ1) is 18.7. The molecule has 3 rings (SSSR count). The van der Waals surface area contributed by atoms with Gasteiger partial charge in [-0.05, 0) is 25.0 Å². The minimum atomic E-state index is -1.52. The molecule has 0 atom stereocenters. The molecular formula is C18H17F2N3O4. The summed E-state index contributed by atoms with van der Waals surface area (Å²) in [6.45, 7) is 3.35. The van der Waals surface area contributed by atoms with E-state index in [0.29, 0.717) is 0 Å². The molecule has 0 saturated carbocycles. The Morgan fingerprint density at radius 3 is 2.22 bits per heavy atom. The smallest absolute Gasteiger partial charge is 0.329 e. The van der Waals surface area contributed by atoms with E-state index < -0.39 is 35.4 Å². The van der Waals surface area contributed by atoms with Crippen molar-refractivity contribution in [1.82, 2.24) is 9.97 Å². The Bertz CT molecular complexity index is 852. The topological polar surface area (TPSA) is 90.4 Å². The number of esters is 2. The van der Waals surface area contributed by atoms with Crippen molar-refractivity contribution in [2.45, 2.75) is 33.1 Å². The Kier molecular flexibility index (Phi) is 5.02. The number of ether oxygens (including phenoxy) is 2. The molecular weight excluding hydrogens is 360 g/mol. The van der Waals surface area contributed by atoms with Crippen molar-refractivity contribution in [3.05, 3.63) is 42.5 Å². The third-order valence-corrected chi connectivity index (χ3v) is 4.63. The Morgan fingerprint density at radius 1 is 1.07 bits per heavy atom. The maximum atomic E-state index is 14.8. The van der Waals surface area contributed by atoms with Gasteiger partial charge in [-0.25, -0.2) is 18.7 Å². The monoisotopic (exact) mass is 377 g/mol. The quantitative estimate of drug-likeness (QED) is 0.633. The molecule has 1 aliphatic heterocycles. The minimum absolute atomic E-state index is 0.129. The molecule has 9 heteroatoms. The highest BCUT2D eigenvalue weighted by molar-refractivity contribution is 6.01. The van der Waals surface area contributed by atoms with Gasteiger partial charge in [0.1, 0.15) is 12.1 Å². The highest BCUT2D eigenvalue weighted by Crippen LogP contribution is 2.36. The first-order valence-electron chi connectivity index (χ1n) is 8.35. The van der Waals surface area contributed by atoms with Crippen molar-refractivity contribution in [3.8, 4) is 11.1 Å². The van der Waals surface area contributed by atoms with E-state index in [1.807, 2.05) is 0 Å². The van der Waals surface area contributed by atoms with Crippen LogP contribution in [-0.2, 0) is 19.1 Å². The van der Waals surface area contributed by atoms with Crippen LogP contribution < -0.4 is 5.32 Å². The van der Waals surface area contributed by atoms with E-state index >= 15 is 0 Å². The SMILES string of the molecule is CCC1(CC)C(=O)OC(Nc2ccc(F)c(-c3cncnc3)c2F)OC1=O. The molecule has 1 saturated heterocycles. The Balaban J connectivity index is 1.88. The summed E-state index contributed by atoms with van der Waals surface area (Å²) in [4.78, 5) is 32.0. The Labute approximate surface area is 153 Å². The molecule has 1 aromatic carbocycles. The van der Waals surface area contributed by atoms with Gasteiger partial charge in [0, 0.05) is 18.0 Å². The highest BCUT2D eigenvalue weighted by atomic mass is 19.1. The lowest BCUT2D eigenvalue weighted by molar-refractivity contribution is -0.219. The van der Waals surface area contributed by atoms with Gasteiger partial charge in [0.05, 0.1) is 11.3 Å². The molecule has 0 radical (unpaired) electrons. The van der Waals surface area contributed by atoms with E-state index in [-0.39, 0.29) is 29.7 Å². The van der Waals surface area contributed by atoms with Crippen LogP contribution in [0, 0.1) is 17.0 Å². The van der Waals surface area contributed by atoms with Crippen molar-refractivity contribution in [1.29, 1.82) is 0 Å². The summed E-state index contributed by atoms with van der Waals surface area (Å²) < 4.78 is 39.2. The standard InChI is InChI=1S/C18H17F2N3O4/c1-3-18(4-2)15(24)26-17(27-16(18)25)23-12-6-5-11(19)13(14(12)20)10-7-21-9-22-8-10/h5-9,17,23H,3-4H2,1-2H3. The third-order valence-electron chi connectivity index (χ3n) is 4.63. The van der Waals surface area contributed by atoms with Crippen LogP contribution in [0.25, 0.3) is 11.1 Å². The fourth-order valence-electron chi connectivity index (χ4n) is 2.90. The third kappa shape index (κ3) is 3.20. The molecule has 1 N–H and O–H groups in total. The lowest BCUT2D eigenvalue weighted by Gasteiger charge is -2.35. The molecule has 7 nitrogen and oxygen atoms in total. The number of anilines is 1. The normalized spacial score (nSPS) is 16.6. The number of hydrogen-bond donors (Lipinski definition) is 1. The fraction of sp³-hybridized carbons (Fsp3) is 0.333. The predicted molar refractivity (Wildman–Crippen MR) is 90.0 cm³/mol. The van der Waals surface area contributed by atoms with Crippen LogP contribution in [0.15, 0.2) is 30.9 Å². The second-order valence-electron chi connectivity index (χ2n) is 5.99. The van der Waals surface area contributed by atoms with Crippen molar-refractivity contribution < 1.29 is 27.8 Å². The molecule has 27 heavy (non-hydrogen) atoms. The fourth-order valence-corrected chi connectivity index (χ4v) is 2.90. The number of carbonyl (C=O) groups is 2. The molecule has 2 aromatic rings. The van der Waals surface area contributed by atoms with Gasteiger partial charge in [-0.2, -0.15) is 0 Å². The van der Waals surface area contributed by atoms with Gasteiger partial charge < -0.3 is 14.8 Å². The number of hydrogen-bond acceptors (Lipinski definition) is 7. The number of cyclic esters (lactones) is 2. The van der Waals surface area contributed by atoms with E-state index in [2.05, 4.69) is 15.3 Å². The molecule has 2 heterocycles. The van der Waals surface area contributed by atoms with Crippen molar-refractivity contribution in [3.63, 3.8) is 0 Å². The molecule has 0 spiro atoms. The molecule has 1 aromatic heterocycles. The first-order valence-corrected chi connectivity index (χ1v) is 8.35. The van der Waals surface area contributed by atoms with Gasteiger partial charge >= 0.3 is 18.4 Å². The number of nitrogens with zero attached hydrogens (tertiary/aromatic N) is 2. The highest BCUT2D eigenvalue weighted by Gasteiger charge is 2.51. The van der Waals surface area contributed by atoms with E-state index in [1.165, 1.54) is 18.7 Å². The maximum Gasteiger partial charge on any atom is 0.329 e. The van der Waals surface area contributed by atoms with Gasteiger partial charge in [-0.1, -0.05) is 13.8 Å². The molecule has 0 amide bonds. The zero-order chi connectivity index (χ0) is 19.6. The Morgan fingerprint density at radius 2 is 1.67 bits per heavy atom. The van der Waals surface area contributed by atoms with Crippen LogP contribution in [0.4, 0.5) is 14.5 Å². The van der Waals surface area contributed by atoms with Gasteiger partial charge in [0.2, 0.25) is 0 Å². The van der Waals surface area contributed by atoms with Gasteiger partial charge in [-0.15, -0.1) is 0 Å². The summed E-state index contributed by atoms with van der Waals surface area (Å²) in [6.07, 6.45) is 2.67. The number of benzene rings is 1. The van der Waals surface area contributed by atoms with E-state index in [9.17, 15) is 18.4 Å². The number of aromatic nitrogens is 2. The summed E-state index contributed by atoms with van der Waals surface area (Å²) in [7, 11) is 0. The molecule has 0 aliphatic carbocycles. The summed E-state index contributed by atoms with van der Waals surface area (Å²) in [5.41, 5.74) is -1.80. The minimum Gasteiger partial charge on any atom is -0.405 e. The summed E-state index contributed by atoms with van der Waals surface area (Å²) in [5, 5.41) is 2.46. The van der Waals surface area contributed by atoms with E-state index in [1.54, 1.807) is 13.8 Å². The Hall–Kier alpha value is -3.10. The van der Waals surface area contributed by atoms with Crippen LogP contribution >= 0.6 is 0 Å². The molecule has 0 unspecified atom stereocenters.